The largest absolute Gasteiger partial charge is 0.489 e. The molecule has 0 saturated carbocycles. The summed E-state index contributed by atoms with van der Waals surface area (Å²) in [5, 5.41) is 0.128. The van der Waals surface area contributed by atoms with E-state index in [-0.39, 0.29) is 5.02 Å². The van der Waals surface area contributed by atoms with Gasteiger partial charge in [0.15, 0.2) is 0 Å². The van der Waals surface area contributed by atoms with Crippen molar-refractivity contribution in [2.45, 2.75) is 6.61 Å². The van der Waals surface area contributed by atoms with Gasteiger partial charge < -0.3 is 4.74 Å². The van der Waals surface area contributed by atoms with Crippen LogP contribution in [0, 0.1) is 9.39 Å². The van der Waals surface area contributed by atoms with E-state index in [0.717, 1.165) is 14.9 Å². The third kappa shape index (κ3) is 3.57. The predicted octanol–water partition coefficient (Wildman–Crippen LogP) is 4.66. The fourth-order valence-electron chi connectivity index (χ4n) is 1.35. The molecular formula is C13H9ClFIO. The van der Waals surface area contributed by atoms with E-state index in [1.807, 2.05) is 24.3 Å². The van der Waals surface area contributed by atoms with Crippen molar-refractivity contribution in [3.8, 4) is 5.75 Å². The maximum Gasteiger partial charge on any atom is 0.142 e. The average molecular weight is 363 g/mol. The summed E-state index contributed by atoms with van der Waals surface area (Å²) in [5.74, 6) is 0.350. The predicted molar refractivity (Wildman–Crippen MR) is 74.9 cm³/mol. The van der Waals surface area contributed by atoms with Crippen molar-refractivity contribution in [1.82, 2.24) is 0 Å². The number of hydrogen-bond acceptors (Lipinski definition) is 1. The Morgan fingerprint density at radius 2 is 2.00 bits per heavy atom. The van der Waals surface area contributed by atoms with Gasteiger partial charge in [-0.15, -0.1) is 0 Å². The minimum atomic E-state index is -0.421. The van der Waals surface area contributed by atoms with E-state index in [4.69, 9.17) is 16.3 Å². The molecule has 0 fully saturated rings. The van der Waals surface area contributed by atoms with Crippen molar-refractivity contribution < 1.29 is 9.13 Å². The Morgan fingerprint density at radius 1 is 1.18 bits per heavy atom. The summed E-state index contributed by atoms with van der Waals surface area (Å²) in [4.78, 5) is 0. The Kier molecular flexibility index (Phi) is 4.23. The zero-order chi connectivity index (χ0) is 12.3. The van der Waals surface area contributed by atoms with Gasteiger partial charge in [-0.2, -0.15) is 0 Å². The average Bonchev–Trinajstić information content (AvgIpc) is 2.31. The normalized spacial score (nSPS) is 10.3. The van der Waals surface area contributed by atoms with Gasteiger partial charge in [-0.05, 0) is 58.5 Å². The Labute approximate surface area is 118 Å². The maximum atomic E-state index is 13.2. The first-order valence-electron chi connectivity index (χ1n) is 4.97. The van der Waals surface area contributed by atoms with Crippen molar-refractivity contribution in [2.24, 2.45) is 0 Å². The van der Waals surface area contributed by atoms with Crippen LogP contribution in [0.5, 0.6) is 5.75 Å². The third-order valence-corrected chi connectivity index (χ3v) is 3.16. The highest BCUT2D eigenvalue weighted by molar-refractivity contribution is 14.1. The van der Waals surface area contributed by atoms with Gasteiger partial charge in [0.25, 0.3) is 0 Å². The van der Waals surface area contributed by atoms with Crippen molar-refractivity contribution in [3.63, 3.8) is 0 Å². The third-order valence-electron chi connectivity index (χ3n) is 2.19. The van der Waals surface area contributed by atoms with Crippen LogP contribution < -0.4 is 4.74 Å². The molecule has 2 aromatic rings. The fourth-order valence-corrected chi connectivity index (χ4v) is 1.98. The van der Waals surface area contributed by atoms with Gasteiger partial charge in [-0.25, -0.2) is 4.39 Å². The molecule has 0 aliphatic carbocycles. The van der Waals surface area contributed by atoms with E-state index in [1.54, 1.807) is 6.07 Å². The van der Waals surface area contributed by atoms with Crippen molar-refractivity contribution >= 4 is 34.2 Å². The van der Waals surface area contributed by atoms with Crippen LogP contribution in [-0.4, -0.2) is 0 Å². The summed E-state index contributed by atoms with van der Waals surface area (Å²) in [7, 11) is 0. The molecule has 0 atom stereocenters. The lowest BCUT2D eigenvalue weighted by molar-refractivity contribution is 0.305. The van der Waals surface area contributed by atoms with Crippen LogP contribution >= 0.6 is 34.2 Å². The molecule has 0 N–H and O–H groups in total. The number of rotatable bonds is 3. The second kappa shape index (κ2) is 5.69. The molecule has 0 unspecified atom stereocenters. The van der Waals surface area contributed by atoms with Crippen LogP contribution in [0.1, 0.15) is 5.56 Å². The quantitative estimate of drug-likeness (QED) is 0.722. The molecule has 0 amide bonds. The van der Waals surface area contributed by atoms with Gasteiger partial charge in [0.05, 0.1) is 5.02 Å². The van der Waals surface area contributed by atoms with Gasteiger partial charge in [0.1, 0.15) is 18.2 Å². The van der Waals surface area contributed by atoms with E-state index in [2.05, 4.69) is 22.6 Å². The van der Waals surface area contributed by atoms with Gasteiger partial charge in [-0.3, -0.25) is 0 Å². The SMILES string of the molecule is Fc1cc(COc2cccc(I)c2)ccc1Cl. The summed E-state index contributed by atoms with van der Waals surface area (Å²) in [5.41, 5.74) is 0.755. The Morgan fingerprint density at radius 3 is 2.71 bits per heavy atom. The standard InChI is InChI=1S/C13H9ClFIO/c14-12-5-4-9(6-13(12)15)8-17-11-3-1-2-10(16)7-11/h1-7H,8H2. The number of hydrogen-bond donors (Lipinski definition) is 0. The molecular weight excluding hydrogens is 353 g/mol. The molecule has 0 saturated heterocycles. The number of ether oxygens (including phenoxy) is 1. The smallest absolute Gasteiger partial charge is 0.142 e. The Hall–Kier alpha value is -0.810. The lowest BCUT2D eigenvalue weighted by atomic mass is 10.2. The lowest BCUT2D eigenvalue weighted by Gasteiger charge is -2.07. The Bertz CT molecular complexity index is 531. The summed E-state index contributed by atoms with van der Waals surface area (Å²) in [6, 6.07) is 12.4. The first-order chi connectivity index (χ1) is 8.15. The van der Waals surface area contributed by atoms with Gasteiger partial charge in [0, 0.05) is 3.57 Å². The molecule has 0 heterocycles. The van der Waals surface area contributed by atoms with Crippen LogP contribution in [-0.2, 0) is 6.61 Å². The van der Waals surface area contributed by atoms with Gasteiger partial charge in [0.2, 0.25) is 0 Å². The first-order valence-corrected chi connectivity index (χ1v) is 6.43. The molecule has 0 bridgehead atoms. The topological polar surface area (TPSA) is 9.23 Å². The van der Waals surface area contributed by atoms with E-state index in [9.17, 15) is 4.39 Å². The molecule has 2 aromatic carbocycles. The molecule has 0 aliphatic rings. The van der Waals surface area contributed by atoms with Crippen LogP contribution in [0.2, 0.25) is 5.02 Å². The molecule has 1 nitrogen and oxygen atoms in total. The molecule has 2 rings (SSSR count). The minimum absolute atomic E-state index is 0.128. The summed E-state index contributed by atoms with van der Waals surface area (Å²) < 4.78 is 19.8. The van der Waals surface area contributed by atoms with Crippen LogP contribution in [0.25, 0.3) is 0 Å². The zero-order valence-electron chi connectivity index (χ0n) is 8.79. The van der Waals surface area contributed by atoms with Crippen LogP contribution in [0.4, 0.5) is 4.39 Å². The number of benzene rings is 2. The molecule has 0 radical (unpaired) electrons. The molecule has 88 valence electrons. The second-order valence-corrected chi connectivity index (χ2v) is 5.15. The highest BCUT2D eigenvalue weighted by Gasteiger charge is 2.02. The van der Waals surface area contributed by atoms with Gasteiger partial charge in [-0.1, -0.05) is 23.7 Å². The van der Waals surface area contributed by atoms with E-state index < -0.39 is 5.82 Å². The van der Waals surface area contributed by atoms with Crippen molar-refractivity contribution in [3.05, 3.63) is 62.4 Å². The van der Waals surface area contributed by atoms with E-state index in [0.29, 0.717) is 6.61 Å². The zero-order valence-corrected chi connectivity index (χ0v) is 11.7. The lowest BCUT2D eigenvalue weighted by Crippen LogP contribution is -1.96. The van der Waals surface area contributed by atoms with Crippen molar-refractivity contribution in [2.75, 3.05) is 0 Å². The summed E-state index contributed by atoms with van der Waals surface area (Å²) in [6.07, 6.45) is 0. The highest BCUT2D eigenvalue weighted by atomic mass is 127. The van der Waals surface area contributed by atoms with Crippen LogP contribution in [0.3, 0.4) is 0 Å². The maximum absolute atomic E-state index is 13.2. The molecule has 0 aliphatic heterocycles. The monoisotopic (exact) mass is 362 g/mol. The van der Waals surface area contributed by atoms with Gasteiger partial charge >= 0.3 is 0 Å². The molecule has 4 heteroatoms. The van der Waals surface area contributed by atoms with E-state index in [1.165, 1.54) is 12.1 Å². The summed E-state index contributed by atoms with van der Waals surface area (Å²) >= 11 is 7.81. The molecule has 17 heavy (non-hydrogen) atoms. The number of halogens is 3. The second-order valence-electron chi connectivity index (χ2n) is 3.49. The minimum Gasteiger partial charge on any atom is -0.489 e. The fraction of sp³-hybridized carbons (Fsp3) is 0.0769. The highest BCUT2D eigenvalue weighted by Crippen LogP contribution is 2.19. The van der Waals surface area contributed by atoms with Crippen molar-refractivity contribution in [1.29, 1.82) is 0 Å². The Balaban J connectivity index is 2.05. The summed E-state index contributed by atoms with van der Waals surface area (Å²) in [6.45, 7) is 0.328. The molecule has 0 spiro atoms. The molecule has 0 aromatic heterocycles. The van der Waals surface area contributed by atoms with E-state index >= 15 is 0 Å². The first kappa shape index (κ1) is 12.6. The van der Waals surface area contributed by atoms with Crippen LogP contribution in [0.15, 0.2) is 42.5 Å².